The van der Waals surface area contributed by atoms with Crippen molar-refractivity contribution in [1.29, 1.82) is 0 Å². The molecule has 1 fully saturated rings. The van der Waals surface area contributed by atoms with Crippen molar-refractivity contribution in [1.82, 2.24) is 4.31 Å². The van der Waals surface area contributed by atoms with Crippen molar-refractivity contribution < 1.29 is 8.42 Å². The van der Waals surface area contributed by atoms with Crippen LogP contribution >= 0.6 is 0 Å². The Labute approximate surface area is 121 Å². The third-order valence-corrected chi connectivity index (χ3v) is 5.24. The Kier molecular flexibility index (Phi) is 4.48. The average Bonchev–Trinajstić information content (AvgIpc) is 3.20. The quantitative estimate of drug-likeness (QED) is 0.852. The molecule has 0 amide bonds. The van der Waals surface area contributed by atoms with Crippen molar-refractivity contribution in [3.63, 3.8) is 0 Å². The predicted octanol–water partition coefficient (Wildman–Crippen LogP) is 1.34. The minimum atomic E-state index is -3.48. The molecule has 2 rings (SSSR count). The van der Waals surface area contributed by atoms with Gasteiger partial charge in [-0.15, -0.1) is 0 Å². The van der Waals surface area contributed by atoms with E-state index in [1.807, 2.05) is 6.92 Å². The summed E-state index contributed by atoms with van der Waals surface area (Å²) in [6.07, 6.45) is 2.24. The van der Waals surface area contributed by atoms with Crippen LogP contribution in [0.2, 0.25) is 0 Å². The highest BCUT2D eigenvalue weighted by molar-refractivity contribution is 7.89. The van der Waals surface area contributed by atoms with E-state index in [-0.39, 0.29) is 11.4 Å². The molecule has 0 spiro atoms. The van der Waals surface area contributed by atoms with Crippen LogP contribution in [0.15, 0.2) is 23.1 Å². The monoisotopic (exact) mass is 292 g/mol. The maximum atomic E-state index is 12.6. The van der Waals surface area contributed by atoms with Crippen LogP contribution in [0.4, 0.5) is 0 Å². The Balaban J connectivity index is 2.39. The van der Waals surface area contributed by atoms with E-state index in [2.05, 4.69) is 11.8 Å². The molecule has 1 aliphatic rings. The van der Waals surface area contributed by atoms with Crippen molar-refractivity contribution >= 4 is 10.0 Å². The summed E-state index contributed by atoms with van der Waals surface area (Å²) >= 11 is 0. The molecular formula is C15H20N2O2S. The lowest BCUT2D eigenvalue weighted by atomic mass is 10.1. The molecule has 20 heavy (non-hydrogen) atoms. The van der Waals surface area contributed by atoms with Gasteiger partial charge in [0.05, 0.1) is 11.4 Å². The first kappa shape index (κ1) is 15.0. The standard InChI is InChI=1S/C15H20N2O2S/c1-12-5-8-15(14(10-12)4-3-9-16)20(18,19)17(2)11-13-6-7-13/h5,8,10,13H,6-7,9,11,16H2,1-2H3. The summed E-state index contributed by atoms with van der Waals surface area (Å²) in [5, 5.41) is 0. The van der Waals surface area contributed by atoms with E-state index in [9.17, 15) is 8.42 Å². The van der Waals surface area contributed by atoms with Crippen molar-refractivity contribution in [3.8, 4) is 11.8 Å². The van der Waals surface area contributed by atoms with Gasteiger partial charge in [0.25, 0.3) is 0 Å². The summed E-state index contributed by atoms with van der Waals surface area (Å²) in [6, 6.07) is 5.22. The van der Waals surface area contributed by atoms with Crippen molar-refractivity contribution in [2.24, 2.45) is 11.7 Å². The van der Waals surface area contributed by atoms with Crippen LogP contribution in [-0.4, -0.2) is 32.9 Å². The highest BCUT2D eigenvalue weighted by atomic mass is 32.2. The van der Waals surface area contributed by atoms with Gasteiger partial charge >= 0.3 is 0 Å². The van der Waals surface area contributed by atoms with Gasteiger partial charge < -0.3 is 5.73 Å². The van der Waals surface area contributed by atoms with E-state index < -0.39 is 10.0 Å². The number of sulfonamides is 1. The molecule has 5 heteroatoms. The highest BCUT2D eigenvalue weighted by Gasteiger charge is 2.30. The molecular weight excluding hydrogens is 272 g/mol. The summed E-state index contributed by atoms with van der Waals surface area (Å²) in [5.74, 6) is 6.11. The summed E-state index contributed by atoms with van der Waals surface area (Å²) < 4.78 is 26.7. The molecule has 1 aliphatic carbocycles. The molecule has 1 aromatic carbocycles. The minimum absolute atomic E-state index is 0.214. The molecule has 4 nitrogen and oxygen atoms in total. The fraction of sp³-hybridized carbons (Fsp3) is 0.467. The van der Waals surface area contributed by atoms with Gasteiger partial charge in [0.2, 0.25) is 10.0 Å². The van der Waals surface area contributed by atoms with Crippen molar-refractivity contribution in [3.05, 3.63) is 29.3 Å². The van der Waals surface area contributed by atoms with Crippen molar-refractivity contribution in [2.75, 3.05) is 20.1 Å². The van der Waals surface area contributed by atoms with E-state index >= 15 is 0 Å². The second-order valence-electron chi connectivity index (χ2n) is 5.23. The molecule has 2 N–H and O–H groups in total. The molecule has 1 saturated carbocycles. The van der Waals surface area contributed by atoms with Gasteiger partial charge in [0.15, 0.2) is 0 Å². The van der Waals surface area contributed by atoms with E-state index in [4.69, 9.17) is 5.73 Å². The van der Waals surface area contributed by atoms with Gasteiger partial charge in [-0.2, -0.15) is 0 Å². The van der Waals surface area contributed by atoms with E-state index in [0.717, 1.165) is 18.4 Å². The lowest BCUT2D eigenvalue weighted by Gasteiger charge is -2.18. The van der Waals surface area contributed by atoms with Gasteiger partial charge in [-0.1, -0.05) is 17.9 Å². The first-order valence-corrected chi connectivity index (χ1v) is 8.15. The van der Waals surface area contributed by atoms with Gasteiger partial charge in [-0.25, -0.2) is 12.7 Å². The summed E-state index contributed by atoms with van der Waals surface area (Å²) in [4.78, 5) is 0.271. The topological polar surface area (TPSA) is 63.4 Å². The Morgan fingerprint density at radius 3 is 2.70 bits per heavy atom. The number of nitrogens with zero attached hydrogens (tertiary/aromatic N) is 1. The summed E-state index contributed by atoms with van der Waals surface area (Å²) in [5.41, 5.74) is 6.88. The number of aryl methyl sites for hydroxylation is 1. The molecule has 0 aromatic heterocycles. The van der Waals surface area contributed by atoms with E-state index in [0.29, 0.717) is 18.0 Å². The van der Waals surface area contributed by atoms with E-state index in [1.165, 1.54) is 4.31 Å². The van der Waals surface area contributed by atoms with E-state index in [1.54, 1.807) is 25.2 Å². The summed E-state index contributed by atoms with van der Waals surface area (Å²) in [7, 11) is -1.85. The Morgan fingerprint density at radius 2 is 2.10 bits per heavy atom. The SMILES string of the molecule is Cc1ccc(S(=O)(=O)N(C)CC2CC2)c(C#CCN)c1. The normalized spacial score (nSPS) is 15.0. The predicted molar refractivity (Wildman–Crippen MR) is 79.7 cm³/mol. The highest BCUT2D eigenvalue weighted by Crippen LogP contribution is 2.31. The van der Waals surface area contributed by atoms with Gasteiger partial charge in [-0.05, 0) is 43.4 Å². The maximum Gasteiger partial charge on any atom is 0.244 e. The molecule has 108 valence electrons. The lowest BCUT2D eigenvalue weighted by Crippen LogP contribution is -2.29. The molecule has 0 saturated heterocycles. The van der Waals surface area contributed by atoms with Gasteiger partial charge in [0, 0.05) is 19.2 Å². The second kappa shape index (κ2) is 5.96. The van der Waals surface area contributed by atoms with Crippen molar-refractivity contribution in [2.45, 2.75) is 24.7 Å². The third kappa shape index (κ3) is 3.40. The van der Waals surface area contributed by atoms with Crippen LogP contribution in [0.3, 0.4) is 0 Å². The average molecular weight is 292 g/mol. The minimum Gasteiger partial charge on any atom is -0.320 e. The Morgan fingerprint density at radius 1 is 1.40 bits per heavy atom. The molecule has 1 aromatic rings. The van der Waals surface area contributed by atoms with Gasteiger partial charge in [0.1, 0.15) is 0 Å². The molecule has 0 bridgehead atoms. The first-order chi connectivity index (χ1) is 9.45. The maximum absolute atomic E-state index is 12.6. The largest absolute Gasteiger partial charge is 0.320 e. The van der Waals surface area contributed by atoms with Crippen LogP contribution in [0.1, 0.15) is 24.0 Å². The zero-order chi connectivity index (χ0) is 14.8. The zero-order valence-corrected chi connectivity index (χ0v) is 12.7. The van der Waals surface area contributed by atoms with Crippen LogP contribution in [0.25, 0.3) is 0 Å². The van der Waals surface area contributed by atoms with Gasteiger partial charge in [-0.3, -0.25) is 0 Å². The number of hydrogen-bond acceptors (Lipinski definition) is 3. The fourth-order valence-electron chi connectivity index (χ4n) is 2.04. The summed E-state index contributed by atoms with van der Waals surface area (Å²) in [6.45, 7) is 2.71. The first-order valence-electron chi connectivity index (χ1n) is 6.71. The number of rotatable bonds is 4. The molecule has 0 unspecified atom stereocenters. The molecule has 0 aliphatic heterocycles. The Hall–Kier alpha value is -1.35. The van der Waals surface area contributed by atoms with Crippen LogP contribution in [0.5, 0.6) is 0 Å². The lowest BCUT2D eigenvalue weighted by molar-refractivity contribution is 0.452. The van der Waals surface area contributed by atoms with Crippen LogP contribution < -0.4 is 5.73 Å². The number of benzene rings is 1. The Bertz CT molecular complexity index is 652. The molecule has 0 heterocycles. The number of nitrogens with two attached hydrogens (primary N) is 1. The molecule has 0 atom stereocenters. The number of hydrogen-bond donors (Lipinski definition) is 1. The van der Waals surface area contributed by atoms with Crippen LogP contribution in [-0.2, 0) is 10.0 Å². The smallest absolute Gasteiger partial charge is 0.244 e. The van der Waals surface area contributed by atoms with Crippen LogP contribution in [0, 0.1) is 24.7 Å². The zero-order valence-electron chi connectivity index (χ0n) is 11.9. The second-order valence-corrected chi connectivity index (χ2v) is 7.25. The fourth-order valence-corrected chi connectivity index (χ4v) is 3.41. The molecule has 0 radical (unpaired) electrons. The third-order valence-electron chi connectivity index (χ3n) is 3.36.